The molecule has 0 bridgehead atoms. The highest BCUT2D eigenvalue weighted by molar-refractivity contribution is 5.91. The molecule has 8 nitrogen and oxygen atoms in total. The molecule has 3 rings (SSSR count). The highest BCUT2D eigenvalue weighted by atomic mass is 16.5. The van der Waals surface area contributed by atoms with Crippen LogP contribution in [0.15, 0.2) is 12.1 Å². The Morgan fingerprint density at radius 2 is 1.72 bits per heavy atom. The summed E-state index contributed by atoms with van der Waals surface area (Å²) in [5.74, 6) is 0.445. The molecule has 2 fully saturated rings. The topological polar surface area (TPSA) is 111 Å². The second-order valence-corrected chi connectivity index (χ2v) is 11.0. The first-order valence-corrected chi connectivity index (χ1v) is 13.2. The molecule has 1 saturated carbocycles. The lowest BCUT2D eigenvalue weighted by Crippen LogP contribution is -2.57. The van der Waals surface area contributed by atoms with Gasteiger partial charge in [0.25, 0.3) is 0 Å². The lowest BCUT2D eigenvalue weighted by atomic mass is 9.75. The molecule has 2 atom stereocenters. The molecule has 3 N–H and O–H groups in total. The molecule has 0 aromatic heterocycles. The minimum absolute atomic E-state index is 0.000997. The van der Waals surface area contributed by atoms with Crippen LogP contribution in [0.5, 0.6) is 11.5 Å². The van der Waals surface area contributed by atoms with Crippen molar-refractivity contribution in [3.8, 4) is 11.5 Å². The summed E-state index contributed by atoms with van der Waals surface area (Å²) in [6.07, 6.45) is 7.75. The summed E-state index contributed by atoms with van der Waals surface area (Å²) in [5, 5.41) is 2.97. The molecule has 1 saturated heterocycles. The van der Waals surface area contributed by atoms with E-state index in [1.165, 1.54) is 6.42 Å². The van der Waals surface area contributed by atoms with Gasteiger partial charge in [0.15, 0.2) is 11.5 Å². The maximum Gasteiger partial charge on any atom is 0.243 e. The normalized spacial score (nSPS) is 19.9. The Labute approximate surface area is 215 Å². The molecule has 1 aliphatic heterocycles. The number of likely N-dealkylation sites (tertiary alicyclic amines) is 1. The number of piperidine rings is 1. The number of ether oxygens (including phenoxy) is 2. The first-order chi connectivity index (χ1) is 17.1. The van der Waals surface area contributed by atoms with Gasteiger partial charge >= 0.3 is 0 Å². The van der Waals surface area contributed by atoms with Gasteiger partial charge in [-0.15, -0.1) is 0 Å². The smallest absolute Gasteiger partial charge is 0.243 e. The summed E-state index contributed by atoms with van der Waals surface area (Å²) in [6, 6.07) is 3.40. The van der Waals surface area contributed by atoms with E-state index in [-0.39, 0.29) is 30.1 Å². The predicted molar refractivity (Wildman–Crippen MR) is 139 cm³/mol. The number of carbonyl (C=O) groups is 3. The molecule has 3 amide bonds. The van der Waals surface area contributed by atoms with Crippen molar-refractivity contribution in [2.24, 2.45) is 11.7 Å². The number of nitrogens with one attached hydrogen (secondary N) is 1. The van der Waals surface area contributed by atoms with Gasteiger partial charge in [-0.25, -0.2) is 0 Å². The third-order valence-electron chi connectivity index (χ3n) is 7.60. The van der Waals surface area contributed by atoms with Gasteiger partial charge in [0.05, 0.1) is 20.1 Å². The highest BCUT2D eigenvalue weighted by Gasteiger charge is 2.41. The third kappa shape index (κ3) is 6.51. The zero-order chi connectivity index (χ0) is 26.5. The van der Waals surface area contributed by atoms with Crippen molar-refractivity contribution in [1.82, 2.24) is 10.2 Å². The summed E-state index contributed by atoms with van der Waals surface area (Å²) < 4.78 is 11.2. The summed E-state index contributed by atoms with van der Waals surface area (Å²) in [6.45, 7) is 6.07. The quantitative estimate of drug-likeness (QED) is 0.534. The van der Waals surface area contributed by atoms with Crippen LogP contribution in [0.25, 0.3) is 0 Å². The first kappa shape index (κ1) is 27.8. The van der Waals surface area contributed by atoms with Crippen molar-refractivity contribution in [2.45, 2.75) is 96.1 Å². The fourth-order valence-electron chi connectivity index (χ4n) is 5.99. The van der Waals surface area contributed by atoms with Crippen LogP contribution in [0, 0.1) is 12.8 Å². The van der Waals surface area contributed by atoms with Crippen molar-refractivity contribution in [3.05, 3.63) is 23.3 Å². The van der Waals surface area contributed by atoms with Crippen molar-refractivity contribution >= 4 is 17.7 Å². The van der Waals surface area contributed by atoms with E-state index in [0.717, 1.165) is 49.7 Å². The number of hydrogen-bond acceptors (Lipinski definition) is 5. The molecule has 1 aromatic rings. The van der Waals surface area contributed by atoms with E-state index in [9.17, 15) is 14.4 Å². The number of carbonyl (C=O) groups excluding carboxylic acids is 3. The van der Waals surface area contributed by atoms with Crippen LogP contribution in [-0.2, 0) is 14.4 Å². The second-order valence-electron chi connectivity index (χ2n) is 11.0. The Morgan fingerprint density at radius 1 is 1.06 bits per heavy atom. The monoisotopic (exact) mass is 501 g/mol. The SMILES string of the molecule is COc1cc([C@@H](C(=O)N2CCCC[C@H]2C(=O)NC(C)(C)CC(N)=O)C2CCCCC2)cc(C)c1OC. The van der Waals surface area contributed by atoms with Crippen LogP contribution in [0.4, 0.5) is 0 Å². The number of nitrogens with two attached hydrogens (primary N) is 1. The molecule has 0 unspecified atom stereocenters. The van der Waals surface area contributed by atoms with E-state index >= 15 is 0 Å². The Morgan fingerprint density at radius 3 is 2.33 bits per heavy atom. The number of hydrogen-bond donors (Lipinski definition) is 2. The number of aryl methyl sites for hydroxylation is 1. The first-order valence-electron chi connectivity index (χ1n) is 13.2. The number of nitrogens with zero attached hydrogens (tertiary/aromatic N) is 1. The van der Waals surface area contributed by atoms with Crippen molar-refractivity contribution in [2.75, 3.05) is 20.8 Å². The van der Waals surface area contributed by atoms with Gasteiger partial charge in [-0.1, -0.05) is 25.3 Å². The fraction of sp³-hybridized carbons (Fsp3) is 0.679. The molecule has 200 valence electrons. The van der Waals surface area contributed by atoms with Crippen molar-refractivity contribution < 1.29 is 23.9 Å². The van der Waals surface area contributed by atoms with Crippen molar-refractivity contribution in [1.29, 1.82) is 0 Å². The highest BCUT2D eigenvalue weighted by Crippen LogP contribution is 2.42. The minimum atomic E-state index is -0.779. The maximum absolute atomic E-state index is 14.3. The molecular formula is C28H43N3O5. The van der Waals surface area contributed by atoms with Crippen LogP contribution in [0.3, 0.4) is 0 Å². The van der Waals surface area contributed by atoms with Crippen LogP contribution in [0.2, 0.25) is 0 Å². The Bertz CT molecular complexity index is 955. The van der Waals surface area contributed by atoms with Crippen LogP contribution in [-0.4, -0.2) is 55.0 Å². The summed E-state index contributed by atoms with van der Waals surface area (Å²) in [5.41, 5.74) is 6.43. The lowest BCUT2D eigenvalue weighted by molar-refractivity contribution is -0.145. The molecule has 1 heterocycles. The minimum Gasteiger partial charge on any atom is -0.493 e. The zero-order valence-corrected chi connectivity index (χ0v) is 22.5. The summed E-state index contributed by atoms with van der Waals surface area (Å²) in [7, 11) is 3.22. The van der Waals surface area contributed by atoms with Crippen LogP contribution in [0.1, 0.15) is 88.7 Å². The number of primary amides is 1. The lowest BCUT2D eigenvalue weighted by Gasteiger charge is -2.41. The average molecular weight is 502 g/mol. The Kier molecular flexibility index (Phi) is 9.25. The number of benzene rings is 1. The molecule has 8 heteroatoms. The van der Waals surface area contributed by atoms with E-state index in [4.69, 9.17) is 15.2 Å². The van der Waals surface area contributed by atoms with Gasteiger partial charge in [-0.2, -0.15) is 0 Å². The van der Waals surface area contributed by atoms with Gasteiger partial charge in [0, 0.05) is 18.5 Å². The molecule has 2 aliphatic rings. The third-order valence-corrected chi connectivity index (χ3v) is 7.60. The molecule has 1 aliphatic carbocycles. The van der Waals surface area contributed by atoms with Gasteiger partial charge in [-0.3, -0.25) is 14.4 Å². The molecule has 36 heavy (non-hydrogen) atoms. The molecule has 0 spiro atoms. The molecular weight excluding hydrogens is 458 g/mol. The Hall–Kier alpha value is -2.77. The Balaban J connectivity index is 1.95. The fourth-order valence-corrected chi connectivity index (χ4v) is 5.99. The standard InChI is InChI=1S/C28H43N3O5/c1-18-15-20(16-22(35-4)25(18)36-5)24(19-11-7-6-8-12-19)27(34)31-14-10-9-13-21(31)26(33)30-28(2,3)17-23(29)32/h15-16,19,21,24H,6-14,17H2,1-5H3,(H2,29,32)(H,30,33)/t21-,24-/m0/s1. The number of rotatable bonds is 9. The van der Waals surface area contributed by atoms with E-state index < -0.39 is 17.5 Å². The van der Waals surface area contributed by atoms with Gasteiger partial charge in [0.1, 0.15) is 6.04 Å². The molecule has 0 radical (unpaired) electrons. The average Bonchev–Trinajstić information content (AvgIpc) is 2.83. The second kappa shape index (κ2) is 12.0. The largest absolute Gasteiger partial charge is 0.493 e. The number of amides is 3. The number of methoxy groups -OCH3 is 2. The van der Waals surface area contributed by atoms with Crippen LogP contribution < -0.4 is 20.5 Å². The van der Waals surface area contributed by atoms with Gasteiger partial charge in [-0.05, 0) is 76.0 Å². The van der Waals surface area contributed by atoms with E-state index in [0.29, 0.717) is 24.5 Å². The van der Waals surface area contributed by atoms with E-state index in [2.05, 4.69) is 5.32 Å². The summed E-state index contributed by atoms with van der Waals surface area (Å²) >= 11 is 0. The molecule has 1 aromatic carbocycles. The van der Waals surface area contributed by atoms with E-state index in [1.54, 1.807) is 33.0 Å². The van der Waals surface area contributed by atoms with Gasteiger partial charge in [0.2, 0.25) is 17.7 Å². The summed E-state index contributed by atoms with van der Waals surface area (Å²) in [4.78, 5) is 41.0. The predicted octanol–water partition coefficient (Wildman–Crippen LogP) is 3.83. The van der Waals surface area contributed by atoms with E-state index in [1.807, 2.05) is 19.1 Å². The van der Waals surface area contributed by atoms with Crippen molar-refractivity contribution in [3.63, 3.8) is 0 Å². The van der Waals surface area contributed by atoms with Crippen LogP contribution >= 0.6 is 0 Å². The van der Waals surface area contributed by atoms with Gasteiger partial charge < -0.3 is 25.4 Å². The maximum atomic E-state index is 14.3. The zero-order valence-electron chi connectivity index (χ0n) is 22.5.